The fourth-order valence-electron chi connectivity index (χ4n) is 1.47. The number of hydrogen-bond acceptors (Lipinski definition) is 5. The Bertz CT molecular complexity index is 255. The largest absolute Gasteiger partial charge is 0.464 e. The van der Waals surface area contributed by atoms with E-state index in [0.29, 0.717) is 13.2 Å². The predicted octanol–water partition coefficient (Wildman–Crippen LogP) is 0.337. The molecule has 0 aliphatic carbocycles. The topological polar surface area (TPSA) is 41.9 Å². The molecule has 0 saturated carbocycles. The number of rotatable bonds is 2. The first-order chi connectivity index (χ1) is 6.31. The lowest BCUT2D eigenvalue weighted by Crippen LogP contribution is -2.30. The van der Waals surface area contributed by atoms with E-state index in [2.05, 4.69) is 9.89 Å². The number of thioether (sulfide) groups is 1. The molecule has 0 amide bonds. The van der Waals surface area contributed by atoms with Gasteiger partial charge in [0.1, 0.15) is 0 Å². The number of amidine groups is 1. The highest BCUT2D eigenvalue weighted by molar-refractivity contribution is 8.14. The molecule has 4 nitrogen and oxygen atoms in total. The zero-order valence-electron chi connectivity index (χ0n) is 7.52. The third-order valence-electron chi connectivity index (χ3n) is 2.08. The molecular formula is C8H12N2O2S. The lowest BCUT2D eigenvalue weighted by molar-refractivity contribution is -0.144. The molecule has 0 aromatic heterocycles. The van der Waals surface area contributed by atoms with Crippen LogP contribution in [0.15, 0.2) is 4.99 Å². The summed E-state index contributed by atoms with van der Waals surface area (Å²) in [5.41, 5.74) is 0. The van der Waals surface area contributed by atoms with E-state index < -0.39 is 0 Å². The van der Waals surface area contributed by atoms with Crippen LogP contribution >= 0.6 is 11.8 Å². The van der Waals surface area contributed by atoms with Crippen LogP contribution in [0.2, 0.25) is 0 Å². The zero-order chi connectivity index (χ0) is 9.26. The highest BCUT2D eigenvalue weighted by Crippen LogP contribution is 2.24. The summed E-state index contributed by atoms with van der Waals surface area (Å²) in [6.45, 7) is 3.98. The van der Waals surface area contributed by atoms with Crippen LogP contribution in [0.3, 0.4) is 0 Å². The second kappa shape index (κ2) is 3.57. The molecule has 0 aromatic carbocycles. The van der Waals surface area contributed by atoms with E-state index in [-0.39, 0.29) is 12.0 Å². The Balaban J connectivity index is 1.98. The Morgan fingerprint density at radius 1 is 1.85 bits per heavy atom. The summed E-state index contributed by atoms with van der Waals surface area (Å²) in [6, 6.07) is -0.275. The number of carbonyl (C=O) groups is 1. The van der Waals surface area contributed by atoms with E-state index in [1.165, 1.54) is 0 Å². The summed E-state index contributed by atoms with van der Waals surface area (Å²) in [6.07, 6.45) is 0. The number of esters is 1. The van der Waals surface area contributed by atoms with Gasteiger partial charge in [0.25, 0.3) is 0 Å². The summed E-state index contributed by atoms with van der Waals surface area (Å²) in [5.74, 6) is 0.902. The van der Waals surface area contributed by atoms with Gasteiger partial charge in [-0.05, 0) is 6.92 Å². The van der Waals surface area contributed by atoms with Gasteiger partial charge in [-0.3, -0.25) is 0 Å². The molecule has 1 atom stereocenters. The summed E-state index contributed by atoms with van der Waals surface area (Å²) < 4.78 is 4.91. The van der Waals surface area contributed by atoms with Gasteiger partial charge in [-0.25, -0.2) is 9.79 Å². The lowest BCUT2D eigenvalue weighted by Gasteiger charge is -2.11. The van der Waals surface area contributed by atoms with Crippen molar-refractivity contribution in [2.24, 2.45) is 4.99 Å². The molecule has 72 valence electrons. The van der Waals surface area contributed by atoms with Crippen LogP contribution in [0.1, 0.15) is 6.92 Å². The fourth-order valence-corrected chi connectivity index (χ4v) is 2.52. The molecule has 2 heterocycles. The van der Waals surface area contributed by atoms with Crippen molar-refractivity contribution in [3.8, 4) is 0 Å². The average molecular weight is 200 g/mol. The van der Waals surface area contributed by atoms with Crippen LogP contribution in [0.5, 0.6) is 0 Å². The molecule has 2 aliphatic rings. The van der Waals surface area contributed by atoms with Crippen molar-refractivity contribution in [2.45, 2.75) is 13.0 Å². The Morgan fingerprint density at radius 3 is 3.38 bits per heavy atom. The van der Waals surface area contributed by atoms with Gasteiger partial charge >= 0.3 is 5.97 Å². The molecule has 0 N–H and O–H groups in total. The Morgan fingerprint density at radius 2 is 2.69 bits per heavy atom. The van der Waals surface area contributed by atoms with Gasteiger partial charge in [-0.15, -0.1) is 0 Å². The molecule has 2 rings (SSSR count). The van der Waals surface area contributed by atoms with Gasteiger partial charge in [0, 0.05) is 12.3 Å². The van der Waals surface area contributed by atoms with Crippen molar-refractivity contribution in [3.05, 3.63) is 0 Å². The minimum Gasteiger partial charge on any atom is -0.464 e. The van der Waals surface area contributed by atoms with Crippen molar-refractivity contribution < 1.29 is 9.53 Å². The van der Waals surface area contributed by atoms with Crippen molar-refractivity contribution in [1.82, 2.24) is 4.90 Å². The summed E-state index contributed by atoms with van der Waals surface area (Å²) in [5, 5.41) is 1.01. The maximum Gasteiger partial charge on any atom is 0.332 e. The smallest absolute Gasteiger partial charge is 0.332 e. The summed E-state index contributed by atoms with van der Waals surface area (Å²) >= 11 is 1.72. The van der Waals surface area contributed by atoms with E-state index in [9.17, 15) is 4.79 Å². The van der Waals surface area contributed by atoms with E-state index in [1.54, 1.807) is 11.8 Å². The van der Waals surface area contributed by atoms with E-state index in [1.807, 2.05) is 6.92 Å². The minimum atomic E-state index is -0.275. The first-order valence-corrected chi connectivity index (χ1v) is 5.42. The second-order valence-corrected chi connectivity index (χ2v) is 4.04. The van der Waals surface area contributed by atoms with Crippen LogP contribution < -0.4 is 0 Å². The van der Waals surface area contributed by atoms with E-state index in [4.69, 9.17) is 4.74 Å². The van der Waals surface area contributed by atoms with E-state index >= 15 is 0 Å². The predicted molar refractivity (Wildman–Crippen MR) is 51.9 cm³/mol. The molecule has 0 spiro atoms. The molecule has 1 saturated heterocycles. The third kappa shape index (κ3) is 1.65. The quantitative estimate of drug-likeness (QED) is 0.603. The van der Waals surface area contributed by atoms with Crippen molar-refractivity contribution in [1.29, 1.82) is 0 Å². The normalized spacial score (nSPS) is 25.8. The van der Waals surface area contributed by atoms with Gasteiger partial charge in [-0.2, -0.15) is 0 Å². The first-order valence-electron chi connectivity index (χ1n) is 4.43. The number of fused-ring (bicyclic) bond motifs is 1. The monoisotopic (exact) mass is 200 g/mol. The van der Waals surface area contributed by atoms with Gasteiger partial charge in [0.05, 0.1) is 13.2 Å². The van der Waals surface area contributed by atoms with Crippen LogP contribution in [0.4, 0.5) is 0 Å². The molecule has 1 unspecified atom stereocenters. The number of nitrogens with zero attached hydrogens (tertiary/aromatic N) is 2. The molecule has 13 heavy (non-hydrogen) atoms. The molecule has 1 fully saturated rings. The standard InChI is InChI=1S/C8H12N2O2S/c1-2-12-7(11)6-5-10-3-4-13-8(10)9-6/h6H,2-5H2,1H3. The Hall–Kier alpha value is -0.710. The van der Waals surface area contributed by atoms with Crippen LogP contribution in [-0.4, -0.2) is 47.5 Å². The Labute approximate surface area is 81.3 Å². The number of ether oxygens (including phenoxy) is 1. The van der Waals surface area contributed by atoms with Gasteiger partial charge < -0.3 is 9.64 Å². The number of hydrogen-bond donors (Lipinski definition) is 0. The molecule has 5 heteroatoms. The van der Waals surface area contributed by atoms with Crippen LogP contribution in [-0.2, 0) is 9.53 Å². The molecule has 0 bridgehead atoms. The van der Waals surface area contributed by atoms with Crippen LogP contribution in [0, 0.1) is 0 Å². The molecule has 0 radical (unpaired) electrons. The molecular weight excluding hydrogens is 188 g/mol. The summed E-state index contributed by atoms with van der Waals surface area (Å²) in [4.78, 5) is 17.8. The highest BCUT2D eigenvalue weighted by Gasteiger charge is 2.33. The number of carbonyl (C=O) groups excluding carboxylic acids is 1. The minimum absolute atomic E-state index is 0.190. The Kier molecular flexibility index (Phi) is 2.44. The maximum absolute atomic E-state index is 11.3. The average Bonchev–Trinajstić information content (AvgIpc) is 2.61. The molecule has 0 aromatic rings. The summed E-state index contributed by atoms with van der Waals surface area (Å²) in [7, 11) is 0. The fraction of sp³-hybridized carbons (Fsp3) is 0.750. The van der Waals surface area contributed by atoms with Crippen molar-refractivity contribution in [3.63, 3.8) is 0 Å². The van der Waals surface area contributed by atoms with Gasteiger partial charge in [0.15, 0.2) is 11.2 Å². The number of aliphatic imine (C=N–C) groups is 1. The lowest BCUT2D eigenvalue weighted by atomic mass is 10.3. The molecule has 2 aliphatic heterocycles. The van der Waals surface area contributed by atoms with Crippen molar-refractivity contribution in [2.75, 3.05) is 25.4 Å². The van der Waals surface area contributed by atoms with Gasteiger partial charge in [-0.1, -0.05) is 11.8 Å². The SMILES string of the molecule is CCOC(=O)C1CN2CCSC2=N1. The van der Waals surface area contributed by atoms with Gasteiger partial charge in [0.2, 0.25) is 0 Å². The van der Waals surface area contributed by atoms with Crippen molar-refractivity contribution >= 4 is 22.9 Å². The highest BCUT2D eigenvalue weighted by atomic mass is 32.2. The first kappa shape index (κ1) is 8.87. The van der Waals surface area contributed by atoms with E-state index in [0.717, 1.165) is 17.5 Å². The second-order valence-electron chi connectivity index (χ2n) is 2.97. The third-order valence-corrected chi connectivity index (χ3v) is 3.09. The maximum atomic E-state index is 11.3. The van der Waals surface area contributed by atoms with Crippen LogP contribution in [0.25, 0.3) is 0 Å². The zero-order valence-corrected chi connectivity index (χ0v) is 8.34.